The van der Waals surface area contributed by atoms with Crippen LogP contribution in [0.15, 0.2) is 4.52 Å². The molecule has 1 aromatic rings. The summed E-state index contributed by atoms with van der Waals surface area (Å²) in [6, 6.07) is 0.0304. The Bertz CT molecular complexity index is 536. The minimum absolute atomic E-state index is 0.0304. The van der Waals surface area contributed by atoms with Crippen LogP contribution in [0.4, 0.5) is 0 Å². The van der Waals surface area contributed by atoms with E-state index in [2.05, 4.69) is 10.5 Å². The van der Waals surface area contributed by atoms with Gasteiger partial charge in [-0.2, -0.15) is 0 Å². The molecule has 1 fully saturated rings. The van der Waals surface area contributed by atoms with Crippen molar-refractivity contribution in [1.29, 1.82) is 0 Å². The number of aryl methyl sites for hydroxylation is 1. The third-order valence-corrected chi connectivity index (χ3v) is 3.74. The molecule has 116 valence electrons. The minimum atomic E-state index is -0.0571. The summed E-state index contributed by atoms with van der Waals surface area (Å²) < 4.78 is 5.29. The summed E-state index contributed by atoms with van der Waals surface area (Å²) in [5.74, 6) is 0.645. The van der Waals surface area contributed by atoms with Crippen LogP contribution in [0.5, 0.6) is 0 Å². The van der Waals surface area contributed by atoms with Crippen LogP contribution in [-0.2, 0) is 4.79 Å². The summed E-state index contributed by atoms with van der Waals surface area (Å²) in [5.41, 5.74) is 1.21. The Kier molecular flexibility index (Phi) is 4.65. The molecule has 1 aromatic heterocycles. The summed E-state index contributed by atoms with van der Waals surface area (Å²) in [5, 5.41) is 6.82. The molecule has 21 heavy (non-hydrogen) atoms. The number of hydrogen-bond acceptors (Lipinski definition) is 4. The zero-order chi connectivity index (χ0) is 15.6. The van der Waals surface area contributed by atoms with E-state index in [9.17, 15) is 9.59 Å². The largest absolute Gasteiger partial charge is 0.360 e. The summed E-state index contributed by atoms with van der Waals surface area (Å²) in [4.78, 5) is 25.7. The van der Waals surface area contributed by atoms with Crippen molar-refractivity contribution in [3.05, 3.63) is 17.0 Å². The van der Waals surface area contributed by atoms with Gasteiger partial charge in [-0.3, -0.25) is 9.59 Å². The summed E-state index contributed by atoms with van der Waals surface area (Å²) in [6.45, 7) is 8.50. The molecule has 6 nitrogen and oxygen atoms in total. The number of rotatable bonds is 3. The van der Waals surface area contributed by atoms with Crippen LogP contribution in [0.25, 0.3) is 0 Å². The van der Waals surface area contributed by atoms with Gasteiger partial charge in [-0.25, -0.2) is 0 Å². The highest BCUT2D eigenvalue weighted by Crippen LogP contribution is 2.25. The van der Waals surface area contributed by atoms with Gasteiger partial charge in [-0.05, 0) is 19.8 Å². The monoisotopic (exact) mass is 293 g/mol. The molecule has 1 aliphatic heterocycles. The standard InChI is InChI=1S/C15H23N3O3/c1-9(2)14-13(10(3)17-21-14)15(20)18-7-5-6-12(8-18)16-11(4)19/h9,12H,5-8H2,1-4H3,(H,16,19). The fourth-order valence-corrected chi connectivity index (χ4v) is 2.77. The van der Waals surface area contributed by atoms with Gasteiger partial charge < -0.3 is 14.7 Å². The molecule has 1 N–H and O–H groups in total. The smallest absolute Gasteiger partial charge is 0.259 e. The highest BCUT2D eigenvalue weighted by Gasteiger charge is 2.30. The van der Waals surface area contributed by atoms with Gasteiger partial charge >= 0.3 is 0 Å². The molecular weight excluding hydrogens is 270 g/mol. The molecule has 0 aromatic carbocycles. The van der Waals surface area contributed by atoms with Gasteiger partial charge in [0.05, 0.1) is 5.69 Å². The number of amides is 2. The average Bonchev–Trinajstić information content (AvgIpc) is 2.79. The molecule has 1 atom stereocenters. The molecule has 0 radical (unpaired) electrons. The molecule has 0 bridgehead atoms. The maximum Gasteiger partial charge on any atom is 0.259 e. The van der Waals surface area contributed by atoms with Crippen LogP contribution in [-0.4, -0.2) is 41.0 Å². The first-order chi connectivity index (χ1) is 9.90. The van der Waals surface area contributed by atoms with E-state index >= 15 is 0 Å². The van der Waals surface area contributed by atoms with Crippen LogP contribution in [0.1, 0.15) is 61.3 Å². The van der Waals surface area contributed by atoms with Gasteiger partial charge in [-0.15, -0.1) is 0 Å². The number of nitrogens with zero attached hydrogens (tertiary/aromatic N) is 2. The maximum absolute atomic E-state index is 12.8. The molecule has 2 heterocycles. The van der Waals surface area contributed by atoms with Crippen molar-refractivity contribution in [3.63, 3.8) is 0 Å². The summed E-state index contributed by atoms with van der Waals surface area (Å²) >= 11 is 0. The Morgan fingerprint density at radius 3 is 2.76 bits per heavy atom. The van der Waals surface area contributed by atoms with Gasteiger partial charge in [0.25, 0.3) is 5.91 Å². The normalized spacial score (nSPS) is 18.9. The van der Waals surface area contributed by atoms with Gasteiger partial charge in [-0.1, -0.05) is 19.0 Å². The second-order valence-corrected chi connectivity index (χ2v) is 5.95. The average molecular weight is 293 g/mol. The predicted molar refractivity (Wildman–Crippen MR) is 78.1 cm³/mol. The fourth-order valence-electron chi connectivity index (χ4n) is 2.77. The fraction of sp³-hybridized carbons (Fsp3) is 0.667. The van der Waals surface area contributed by atoms with E-state index in [1.807, 2.05) is 13.8 Å². The van der Waals surface area contributed by atoms with Crippen molar-refractivity contribution in [2.75, 3.05) is 13.1 Å². The van der Waals surface area contributed by atoms with Gasteiger partial charge in [0.2, 0.25) is 5.91 Å². The molecule has 2 rings (SSSR count). The zero-order valence-corrected chi connectivity index (χ0v) is 13.1. The van der Waals surface area contributed by atoms with Gasteiger partial charge in [0, 0.05) is 32.0 Å². The first-order valence-corrected chi connectivity index (χ1v) is 7.42. The molecule has 1 aliphatic rings. The first kappa shape index (κ1) is 15.5. The lowest BCUT2D eigenvalue weighted by Crippen LogP contribution is -2.49. The van der Waals surface area contributed by atoms with Crippen LogP contribution in [0, 0.1) is 6.92 Å². The lowest BCUT2D eigenvalue weighted by atomic mass is 10.0. The molecular formula is C15H23N3O3. The van der Waals surface area contributed by atoms with Gasteiger partial charge in [0.15, 0.2) is 5.76 Å². The highest BCUT2D eigenvalue weighted by molar-refractivity contribution is 5.96. The van der Waals surface area contributed by atoms with E-state index in [0.717, 1.165) is 12.8 Å². The number of carbonyl (C=O) groups is 2. The maximum atomic E-state index is 12.8. The molecule has 1 saturated heterocycles. The SMILES string of the molecule is CC(=O)NC1CCCN(C(=O)c2c(C)noc2C(C)C)C1. The summed E-state index contributed by atoms with van der Waals surface area (Å²) in [6.07, 6.45) is 1.79. The van der Waals surface area contributed by atoms with E-state index < -0.39 is 0 Å². The molecule has 0 aliphatic carbocycles. The Balaban J connectivity index is 2.16. The lowest BCUT2D eigenvalue weighted by molar-refractivity contribution is -0.120. The van der Waals surface area contributed by atoms with Crippen LogP contribution in [0.2, 0.25) is 0 Å². The van der Waals surface area contributed by atoms with Crippen LogP contribution < -0.4 is 5.32 Å². The Hall–Kier alpha value is -1.85. The van der Waals surface area contributed by atoms with Crippen molar-refractivity contribution in [2.45, 2.75) is 52.5 Å². The first-order valence-electron chi connectivity index (χ1n) is 7.42. The highest BCUT2D eigenvalue weighted by atomic mass is 16.5. The van der Waals surface area contributed by atoms with Crippen molar-refractivity contribution >= 4 is 11.8 Å². The van der Waals surface area contributed by atoms with E-state index in [-0.39, 0.29) is 23.8 Å². The number of carbonyl (C=O) groups excluding carboxylic acids is 2. The Labute approximate surface area is 124 Å². The third-order valence-electron chi connectivity index (χ3n) is 3.74. The van der Waals surface area contributed by atoms with Crippen LogP contribution >= 0.6 is 0 Å². The van der Waals surface area contributed by atoms with Crippen molar-refractivity contribution in [3.8, 4) is 0 Å². The van der Waals surface area contributed by atoms with Crippen LogP contribution in [0.3, 0.4) is 0 Å². The second-order valence-electron chi connectivity index (χ2n) is 5.95. The van der Waals surface area contributed by atoms with Gasteiger partial charge in [0.1, 0.15) is 5.56 Å². The molecule has 6 heteroatoms. The van der Waals surface area contributed by atoms with Crippen molar-refractivity contribution < 1.29 is 14.1 Å². The number of piperidine rings is 1. The second kappa shape index (κ2) is 6.28. The van der Waals surface area contributed by atoms with E-state index in [0.29, 0.717) is 30.1 Å². The topological polar surface area (TPSA) is 75.4 Å². The molecule has 0 saturated carbocycles. The van der Waals surface area contributed by atoms with E-state index in [1.54, 1.807) is 11.8 Å². The van der Waals surface area contributed by atoms with E-state index in [1.165, 1.54) is 6.92 Å². The number of nitrogens with one attached hydrogen (secondary N) is 1. The third kappa shape index (κ3) is 3.43. The number of aromatic nitrogens is 1. The quantitative estimate of drug-likeness (QED) is 0.922. The zero-order valence-electron chi connectivity index (χ0n) is 13.1. The minimum Gasteiger partial charge on any atom is -0.360 e. The lowest BCUT2D eigenvalue weighted by Gasteiger charge is -2.33. The van der Waals surface area contributed by atoms with Crippen molar-refractivity contribution in [1.82, 2.24) is 15.4 Å². The molecule has 0 spiro atoms. The summed E-state index contributed by atoms with van der Waals surface area (Å²) in [7, 11) is 0. The van der Waals surface area contributed by atoms with Crippen molar-refractivity contribution in [2.24, 2.45) is 0 Å². The number of hydrogen-bond donors (Lipinski definition) is 1. The number of likely N-dealkylation sites (tertiary alicyclic amines) is 1. The Morgan fingerprint density at radius 2 is 2.14 bits per heavy atom. The predicted octanol–water partition coefficient (Wildman–Crippen LogP) is 1.85. The van der Waals surface area contributed by atoms with E-state index in [4.69, 9.17) is 4.52 Å². The molecule has 2 amide bonds. The Morgan fingerprint density at radius 1 is 1.43 bits per heavy atom. The molecule has 1 unspecified atom stereocenters.